The summed E-state index contributed by atoms with van der Waals surface area (Å²) >= 11 is 3.36. The van der Waals surface area contributed by atoms with Gasteiger partial charge in [-0.3, -0.25) is 0 Å². The van der Waals surface area contributed by atoms with Gasteiger partial charge in [-0.05, 0) is 43.9 Å². The molecule has 0 bridgehead atoms. The summed E-state index contributed by atoms with van der Waals surface area (Å²) in [5, 5.41) is 9.02. The first-order valence-corrected chi connectivity index (χ1v) is 6.45. The fourth-order valence-electron chi connectivity index (χ4n) is 2.05. The Hall–Kier alpha value is -1.01. The van der Waals surface area contributed by atoms with Crippen molar-refractivity contribution in [2.45, 2.75) is 38.2 Å². The van der Waals surface area contributed by atoms with Crippen molar-refractivity contribution in [1.29, 1.82) is 5.26 Å². The normalized spacial score (nSPS) is 16.8. The second-order valence-corrected chi connectivity index (χ2v) is 5.05. The van der Waals surface area contributed by atoms with E-state index in [9.17, 15) is 0 Å². The maximum atomic E-state index is 9.02. The van der Waals surface area contributed by atoms with Crippen LogP contribution in [0.2, 0.25) is 0 Å². The van der Waals surface area contributed by atoms with E-state index in [2.05, 4.69) is 22.0 Å². The van der Waals surface area contributed by atoms with Crippen LogP contribution >= 0.6 is 15.9 Å². The lowest BCUT2D eigenvalue weighted by Crippen LogP contribution is -2.20. The number of ether oxygens (including phenoxy) is 1. The summed E-state index contributed by atoms with van der Waals surface area (Å²) in [7, 11) is 0. The number of hydrogen-bond acceptors (Lipinski definition) is 2. The minimum atomic E-state index is 0.294. The molecule has 0 N–H and O–H groups in total. The molecule has 0 amide bonds. The Bertz CT molecular complexity index is 405. The van der Waals surface area contributed by atoms with Crippen LogP contribution in [0.1, 0.15) is 37.7 Å². The minimum absolute atomic E-state index is 0.294. The number of halogens is 1. The maximum Gasteiger partial charge on any atom is 0.137 e. The number of rotatable bonds is 2. The molecule has 0 saturated heterocycles. The molecule has 0 heterocycles. The Labute approximate surface area is 104 Å². The third kappa shape index (κ3) is 2.76. The first kappa shape index (κ1) is 11.5. The Morgan fingerprint density at radius 2 is 2.00 bits per heavy atom. The van der Waals surface area contributed by atoms with Gasteiger partial charge in [-0.1, -0.05) is 22.4 Å². The van der Waals surface area contributed by atoms with Gasteiger partial charge < -0.3 is 4.74 Å². The van der Waals surface area contributed by atoms with E-state index in [0.717, 1.165) is 23.1 Å². The van der Waals surface area contributed by atoms with E-state index in [4.69, 9.17) is 10.00 Å². The van der Waals surface area contributed by atoms with Gasteiger partial charge in [0.05, 0.1) is 11.7 Å². The summed E-state index contributed by atoms with van der Waals surface area (Å²) < 4.78 is 6.81. The zero-order valence-corrected chi connectivity index (χ0v) is 10.7. The fraction of sp³-hybridized carbons (Fsp3) is 0.462. The molecule has 1 aromatic carbocycles. The Morgan fingerprint density at radius 1 is 1.25 bits per heavy atom. The molecule has 0 aromatic heterocycles. The Kier molecular flexibility index (Phi) is 3.84. The first-order valence-electron chi connectivity index (χ1n) is 5.66. The average molecular weight is 280 g/mol. The van der Waals surface area contributed by atoms with Crippen LogP contribution in [0.5, 0.6) is 5.75 Å². The smallest absolute Gasteiger partial charge is 0.137 e. The summed E-state index contributed by atoms with van der Waals surface area (Å²) in [4.78, 5) is 0. The predicted molar refractivity (Wildman–Crippen MR) is 66.4 cm³/mol. The van der Waals surface area contributed by atoms with E-state index in [1.54, 1.807) is 6.07 Å². The van der Waals surface area contributed by atoms with Crippen molar-refractivity contribution in [2.24, 2.45) is 0 Å². The van der Waals surface area contributed by atoms with Crippen molar-refractivity contribution in [3.05, 3.63) is 28.2 Å². The van der Waals surface area contributed by atoms with Crippen molar-refractivity contribution in [3.8, 4) is 11.8 Å². The molecule has 1 saturated carbocycles. The molecule has 2 nitrogen and oxygen atoms in total. The number of benzene rings is 1. The number of nitrogens with zero attached hydrogens (tertiary/aromatic N) is 1. The fourth-order valence-corrected chi connectivity index (χ4v) is 2.42. The number of hydrogen-bond donors (Lipinski definition) is 0. The summed E-state index contributed by atoms with van der Waals surface area (Å²) in [5.41, 5.74) is 0.611. The van der Waals surface area contributed by atoms with Crippen LogP contribution in [0, 0.1) is 11.3 Å². The molecule has 0 radical (unpaired) electrons. The maximum absolute atomic E-state index is 9.02. The van der Waals surface area contributed by atoms with Crippen LogP contribution < -0.4 is 4.74 Å². The molecule has 1 aliphatic rings. The van der Waals surface area contributed by atoms with Crippen molar-refractivity contribution in [3.63, 3.8) is 0 Å². The lowest BCUT2D eigenvalue weighted by Gasteiger charge is -2.23. The molecule has 2 rings (SSSR count). The quantitative estimate of drug-likeness (QED) is 0.819. The molecule has 0 unspecified atom stereocenters. The van der Waals surface area contributed by atoms with E-state index in [1.807, 2.05) is 12.1 Å². The van der Waals surface area contributed by atoms with Crippen molar-refractivity contribution in [1.82, 2.24) is 0 Å². The molecular weight excluding hydrogens is 266 g/mol. The second-order valence-electron chi connectivity index (χ2n) is 4.13. The van der Waals surface area contributed by atoms with Gasteiger partial charge in [0.15, 0.2) is 0 Å². The average Bonchev–Trinajstić information content (AvgIpc) is 2.33. The van der Waals surface area contributed by atoms with E-state index in [-0.39, 0.29) is 0 Å². The van der Waals surface area contributed by atoms with Gasteiger partial charge >= 0.3 is 0 Å². The Balaban J connectivity index is 2.11. The zero-order valence-electron chi connectivity index (χ0n) is 9.08. The predicted octanol–water partition coefficient (Wildman–Crippen LogP) is 4.03. The highest BCUT2D eigenvalue weighted by molar-refractivity contribution is 9.10. The molecule has 16 heavy (non-hydrogen) atoms. The van der Waals surface area contributed by atoms with Crippen LogP contribution in [0.3, 0.4) is 0 Å². The van der Waals surface area contributed by atoms with Crippen LogP contribution in [0.4, 0.5) is 0 Å². The topological polar surface area (TPSA) is 33.0 Å². The lowest BCUT2D eigenvalue weighted by atomic mass is 9.98. The first-order chi connectivity index (χ1) is 7.79. The highest BCUT2D eigenvalue weighted by atomic mass is 79.9. The summed E-state index contributed by atoms with van der Waals surface area (Å²) in [6, 6.07) is 7.76. The van der Waals surface area contributed by atoms with Crippen molar-refractivity contribution >= 4 is 15.9 Å². The van der Waals surface area contributed by atoms with Gasteiger partial charge in [-0.2, -0.15) is 5.26 Å². The van der Waals surface area contributed by atoms with Gasteiger partial charge in [-0.15, -0.1) is 0 Å². The molecule has 0 aliphatic heterocycles. The molecule has 84 valence electrons. The van der Waals surface area contributed by atoms with Gasteiger partial charge in [0.1, 0.15) is 11.8 Å². The van der Waals surface area contributed by atoms with Crippen molar-refractivity contribution in [2.75, 3.05) is 0 Å². The van der Waals surface area contributed by atoms with Crippen LogP contribution in [-0.2, 0) is 0 Å². The van der Waals surface area contributed by atoms with E-state index >= 15 is 0 Å². The van der Waals surface area contributed by atoms with Crippen molar-refractivity contribution < 1.29 is 4.74 Å². The third-order valence-electron chi connectivity index (χ3n) is 2.91. The van der Waals surface area contributed by atoms with Gasteiger partial charge in [0.25, 0.3) is 0 Å². The molecule has 0 spiro atoms. The SMILES string of the molecule is N#Cc1cc(Br)ccc1OC1CCCCC1. The minimum Gasteiger partial charge on any atom is -0.489 e. The largest absolute Gasteiger partial charge is 0.489 e. The molecule has 0 atom stereocenters. The Morgan fingerprint density at radius 3 is 2.69 bits per heavy atom. The lowest BCUT2D eigenvalue weighted by molar-refractivity contribution is 0.154. The zero-order chi connectivity index (χ0) is 11.4. The summed E-state index contributed by atoms with van der Waals surface area (Å²) in [6.07, 6.45) is 6.31. The molecule has 1 aromatic rings. The summed E-state index contributed by atoms with van der Waals surface area (Å²) in [6.45, 7) is 0. The van der Waals surface area contributed by atoms with Crippen LogP contribution in [-0.4, -0.2) is 6.10 Å². The highest BCUT2D eigenvalue weighted by Gasteiger charge is 2.16. The van der Waals surface area contributed by atoms with Gasteiger partial charge in [0.2, 0.25) is 0 Å². The molecule has 1 aliphatic carbocycles. The standard InChI is InChI=1S/C13H14BrNO/c14-11-6-7-13(10(8-11)9-15)16-12-4-2-1-3-5-12/h6-8,12H,1-5H2. The van der Waals surface area contributed by atoms with Gasteiger partial charge in [0, 0.05) is 4.47 Å². The monoisotopic (exact) mass is 279 g/mol. The van der Waals surface area contributed by atoms with Gasteiger partial charge in [-0.25, -0.2) is 0 Å². The van der Waals surface area contributed by atoms with E-state index in [1.165, 1.54) is 19.3 Å². The number of nitriles is 1. The van der Waals surface area contributed by atoms with E-state index < -0.39 is 0 Å². The van der Waals surface area contributed by atoms with Crippen LogP contribution in [0.15, 0.2) is 22.7 Å². The highest BCUT2D eigenvalue weighted by Crippen LogP contribution is 2.27. The molecule has 3 heteroatoms. The second kappa shape index (κ2) is 5.36. The third-order valence-corrected chi connectivity index (χ3v) is 3.40. The van der Waals surface area contributed by atoms with Crippen LogP contribution in [0.25, 0.3) is 0 Å². The molecular formula is C13H14BrNO. The molecule has 1 fully saturated rings. The summed E-state index contributed by atoms with van der Waals surface area (Å²) in [5.74, 6) is 0.720. The van der Waals surface area contributed by atoms with E-state index in [0.29, 0.717) is 11.7 Å².